The van der Waals surface area contributed by atoms with Crippen molar-refractivity contribution in [3.8, 4) is 0 Å². The molecule has 0 spiro atoms. The monoisotopic (exact) mass is 233 g/mol. The maximum atomic E-state index is 10.6. The lowest BCUT2D eigenvalue weighted by Crippen LogP contribution is -1.95. The van der Waals surface area contributed by atoms with Crippen LogP contribution in [0.5, 0.6) is 0 Å². The minimum Gasteiger partial charge on any atom is -0.348 e. The van der Waals surface area contributed by atoms with E-state index in [2.05, 4.69) is 9.28 Å². The van der Waals surface area contributed by atoms with E-state index in [1.165, 1.54) is 6.08 Å². The molecule has 0 bridgehead atoms. The smallest absolute Gasteiger partial charge is 0.324 e. The van der Waals surface area contributed by atoms with Crippen molar-refractivity contribution in [2.24, 2.45) is 4.99 Å². The molecule has 0 aliphatic rings. The quantitative estimate of drug-likeness (QED) is 0.350. The van der Waals surface area contributed by atoms with Crippen LogP contribution in [0.2, 0.25) is 0 Å². The van der Waals surface area contributed by atoms with Gasteiger partial charge in [0.1, 0.15) is 11.9 Å². The number of carbonyl (C=O) groups is 1. The summed E-state index contributed by atoms with van der Waals surface area (Å²) >= 11 is 4.87. The Morgan fingerprint density at radius 2 is 1.73 bits per heavy atom. The first-order chi connectivity index (χ1) is 7.31. The third kappa shape index (κ3) is 11.1. The van der Waals surface area contributed by atoms with E-state index in [4.69, 9.17) is 11.9 Å². The van der Waals surface area contributed by atoms with Crippen LogP contribution in [0, 0.1) is 0 Å². The average Bonchev–Trinajstić information content (AvgIpc) is 2.26. The minimum absolute atomic E-state index is 0.364. The molecule has 0 aromatic heterocycles. The van der Waals surface area contributed by atoms with Gasteiger partial charge in [-0.05, 0) is 12.8 Å². The molecule has 0 aliphatic carbocycles. The van der Waals surface area contributed by atoms with Gasteiger partial charge in [0.05, 0.1) is 6.54 Å². The topological polar surface area (TPSA) is 55.7 Å². The summed E-state index contributed by atoms with van der Waals surface area (Å²) in [4.78, 5) is 23.8. The molecule has 0 fully saturated rings. The molecule has 0 radical (unpaired) electrons. The first kappa shape index (κ1) is 14.1. The summed E-state index contributed by atoms with van der Waals surface area (Å²) in [6.07, 6.45) is 7.89. The zero-order chi connectivity index (χ0) is 11.4. The van der Waals surface area contributed by atoms with Crippen molar-refractivity contribution >= 4 is 23.9 Å². The molecule has 5 heteroatoms. The second kappa shape index (κ2) is 11.2. The minimum atomic E-state index is -0.364. The highest BCUT2D eigenvalue weighted by Crippen LogP contribution is 2.08. The summed E-state index contributed by atoms with van der Waals surface area (Å²) in [7, 11) is 0. The SMILES string of the molecule is O=C=NCCCCCCCCC(=O)OCl. The predicted octanol–water partition coefficient (Wildman–Crippen LogP) is 2.75. The van der Waals surface area contributed by atoms with Gasteiger partial charge in [-0.1, -0.05) is 25.7 Å². The van der Waals surface area contributed by atoms with Crippen molar-refractivity contribution in [1.29, 1.82) is 0 Å². The fourth-order valence-electron chi connectivity index (χ4n) is 1.25. The van der Waals surface area contributed by atoms with Gasteiger partial charge in [0.2, 0.25) is 6.08 Å². The van der Waals surface area contributed by atoms with E-state index in [0.717, 1.165) is 38.5 Å². The van der Waals surface area contributed by atoms with Crippen LogP contribution < -0.4 is 0 Å². The Hall–Kier alpha value is -0.860. The van der Waals surface area contributed by atoms with Crippen LogP contribution >= 0.6 is 11.9 Å². The molecular formula is C10H16ClNO3. The van der Waals surface area contributed by atoms with Crippen molar-refractivity contribution in [3.63, 3.8) is 0 Å². The first-order valence-corrected chi connectivity index (χ1v) is 5.47. The number of rotatable bonds is 9. The summed E-state index contributed by atoms with van der Waals surface area (Å²) in [5.41, 5.74) is 0. The lowest BCUT2D eigenvalue weighted by Gasteiger charge is -1.99. The zero-order valence-electron chi connectivity index (χ0n) is 8.71. The van der Waals surface area contributed by atoms with Gasteiger partial charge < -0.3 is 4.29 Å². The van der Waals surface area contributed by atoms with Gasteiger partial charge in [0.15, 0.2) is 0 Å². The van der Waals surface area contributed by atoms with Gasteiger partial charge in [-0.2, -0.15) is 0 Å². The van der Waals surface area contributed by atoms with Crippen molar-refractivity contribution in [2.75, 3.05) is 6.54 Å². The van der Waals surface area contributed by atoms with Crippen LogP contribution in [0.4, 0.5) is 0 Å². The van der Waals surface area contributed by atoms with E-state index in [1.807, 2.05) is 0 Å². The average molecular weight is 234 g/mol. The number of nitrogens with zero attached hydrogens (tertiary/aromatic N) is 1. The van der Waals surface area contributed by atoms with Crippen LogP contribution in [0.15, 0.2) is 4.99 Å². The number of unbranched alkanes of at least 4 members (excludes halogenated alkanes) is 5. The highest BCUT2D eigenvalue weighted by Gasteiger charge is 2.00. The molecule has 86 valence electrons. The third-order valence-corrected chi connectivity index (χ3v) is 2.22. The summed E-state index contributed by atoms with van der Waals surface area (Å²) in [5.74, 6) is -0.364. The molecular weight excluding hydrogens is 218 g/mol. The van der Waals surface area contributed by atoms with Gasteiger partial charge in [0.25, 0.3) is 0 Å². The molecule has 0 aromatic rings. The summed E-state index contributed by atoms with van der Waals surface area (Å²) in [5, 5.41) is 0. The number of halogens is 1. The molecule has 0 unspecified atom stereocenters. The molecule has 0 saturated carbocycles. The van der Waals surface area contributed by atoms with Crippen molar-refractivity contribution in [1.82, 2.24) is 0 Å². The largest absolute Gasteiger partial charge is 0.348 e. The molecule has 4 nitrogen and oxygen atoms in total. The maximum Gasteiger partial charge on any atom is 0.324 e. The Morgan fingerprint density at radius 1 is 1.13 bits per heavy atom. The molecule has 0 rings (SSSR count). The normalized spacial score (nSPS) is 9.40. The Kier molecular flexibility index (Phi) is 10.6. The lowest BCUT2D eigenvalue weighted by molar-refractivity contribution is -0.134. The molecule has 0 aromatic carbocycles. The van der Waals surface area contributed by atoms with Gasteiger partial charge in [-0.25, -0.2) is 9.79 Å². The van der Waals surface area contributed by atoms with E-state index in [9.17, 15) is 9.59 Å². The highest BCUT2D eigenvalue weighted by molar-refractivity contribution is 6.13. The number of hydrogen-bond acceptors (Lipinski definition) is 4. The molecule has 0 aliphatic heterocycles. The van der Waals surface area contributed by atoms with Gasteiger partial charge >= 0.3 is 5.97 Å². The highest BCUT2D eigenvalue weighted by atomic mass is 35.5. The number of aliphatic imine (C=N–C) groups is 1. The van der Waals surface area contributed by atoms with Crippen LogP contribution in [0.3, 0.4) is 0 Å². The second-order valence-electron chi connectivity index (χ2n) is 3.29. The lowest BCUT2D eigenvalue weighted by atomic mass is 10.1. The maximum absolute atomic E-state index is 10.6. The summed E-state index contributed by atoms with van der Waals surface area (Å²) < 4.78 is 4.01. The Labute approximate surface area is 94.8 Å². The van der Waals surface area contributed by atoms with Crippen LogP contribution in [0.25, 0.3) is 0 Å². The van der Waals surface area contributed by atoms with Gasteiger partial charge in [0, 0.05) is 6.42 Å². The van der Waals surface area contributed by atoms with E-state index in [0.29, 0.717) is 13.0 Å². The molecule has 15 heavy (non-hydrogen) atoms. The van der Waals surface area contributed by atoms with Crippen LogP contribution in [-0.2, 0) is 13.9 Å². The number of carbonyl (C=O) groups excluding carboxylic acids is 2. The van der Waals surface area contributed by atoms with E-state index >= 15 is 0 Å². The van der Waals surface area contributed by atoms with Gasteiger partial charge in [-0.15, -0.1) is 0 Å². The molecule has 0 saturated heterocycles. The Morgan fingerprint density at radius 3 is 2.33 bits per heavy atom. The van der Waals surface area contributed by atoms with E-state index in [1.54, 1.807) is 0 Å². The summed E-state index contributed by atoms with van der Waals surface area (Å²) in [6.45, 7) is 0.572. The molecule has 0 amide bonds. The Balaban J connectivity index is 3.05. The first-order valence-electron chi connectivity index (χ1n) is 5.16. The predicted molar refractivity (Wildman–Crippen MR) is 57.3 cm³/mol. The standard InChI is InChI=1S/C10H16ClNO3/c11-15-10(14)7-5-3-1-2-4-6-8-12-9-13/h1-8H2. The van der Waals surface area contributed by atoms with Crippen LogP contribution in [-0.4, -0.2) is 18.6 Å². The van der Waals surface area contributed by atoms with Crippen molar-refractivity contribution in [2.45, 2.75) is 44.9 Å². The second-order valence-corrected chi connectivity index (χ2v) is 3.45. The zero-order valence-corrected chi connectivity index (χ0v) is 9.46. The summed E-state index contributed by atoms with van der Waals surface area (Å²) in [6, 6.07) is 0. The van der Waals surface area contributed by atoms with E-state index < -0.39 is 0 Å². The molecule has 0 atom stereocenters. The Bertz CT molecular complexity index is 215. The van der Waals surface area contributed by atoms with Crippen molar-refractivity contribution in [3.05, 3.63) is 0 Å². The number of hydrogen-bond donors (Lipinski definition) is 0. The fraction of sp³-hybridized carbons (Fsp3) is 0.800. The third-order valence-electron chi connectivity index (χ3n) is 2.05. The van der Waals surface area contributed by atoms with E-state index in [-0.39, 0.29) is 5.97 Å². The van der Waals surface area contributed by atoms with Gasteiger partial charge in [-0.3, -0.25) is 4.79 Å². The fourth-order valence-corrected chi connectivity index (χ4v) is 1.33. The van der Waals surface area contributed by atoms with Crippen LogP contribution in [0.1, 0.15) is 44.9 Å². The number of isocyanates is 1. The van der Waals surface area contributed by atoms with Crippen molar-refractivity contribution < 1.29 is 13.9 Å². The molecule has 0 heterocycles. The molecule has 0 N–H and O–H groups in total.